The van der Waals surface area contributed by atoms with Gasteiger partial charge in [-0.25, -0.2) is 4.79 Å². The molecule has 0 heterocycles. The molecule has 7 nitrogen and oxygen atoms in total. The molecule has 0 aliphatic rings. The summed E-state index contributed by atoms with van der Waals surface area (Å²) in [6.45, 7) is 8.68. The summed E-state index contributed by atoms with van der Waals surface area (Å²) in [5.74, 6) is -1.28. The molecule has 0 fully saturated rings. The fraction of sp³-hybridized carbons (Fsp3) is 0.300. The first-order chi connectivity index (χ1) is 8.56. The SMILES string of the molecule is C=CC(=O)OS(=O)(=O)C(C)S(=O)(=O)OC=C(C)C=C. The Balaban J connectivity index is 5.19. The van der Waals surface area contributed by atoms with E-state index < -0.39 is 30.8 Å². The topological polar surface area (TPSA) is 104 Å². The van der Waals surface area contributed by atoms with Gasteiger partial charge in [-0.15, -0.1) is 0 Å². The maximum atomic E-state index is 11.6. The largest absolute Gasteiger partial charge is 0.389 e. The Kier molecular flexibility index (Phi) is 5.97. The van der Waals surface area contributed by atoms with Gasteiger partial charge in [-0.3, -0.25) is 0 Å². The molecule has 0 rings (SSSR count). The number of hydrogen-bond donors (Lipinski definition) is 0. The minimum atomic E-state index is -4.67. The van der Waals surface area contributed by atoms with E-state index in [-0.39, 0.29) is 0 Å². The van der Waals surface area contributed by atoms with Gasteiger partial charge in [0.2, 0.25) is 4.58 Å². The van der Waals surface area contributed by atoms with Gasteiger partial charge in [0.15, 0.2) is 0 Å². The summed E-state index contributed by atoms with van der Waals surface area (Å²) in [6, 6.07) is 0. The third-order valence-corrected chi connectivity index (χ3v) is 5.67. The average Bonchev–Trinajstić information content (AvgIpc) is 2.34. The molecule has 0 N–H and O–H groups in total. The standard InChI is InChI=1S/C10H14O7S2/c1-5-8(3)7-16-18(12,13)9(4)19(14,15)17-10(11)6-2/h5-7,9H,1-2H2,3-4H3. The van der Waals surface area contributed by atoms with Gasteiger partial charge < -0.3 is 8.37 Å². The first kappa shape index (κ1) is 17.4. The van der Waals surface area contributed by atoms with Crippen molar-refractivity contribution in [2.45, 2.75) is 18.4 Å². The summed E-state index contributed by atoms with van der Waals surface area (Å²) in [5.41, 5.74) is 0.372. The van der Waals surface area contributed by atoms with Crippen molar-refractivity contribution < 1.29 is 30.0 Å². The van der Waals surface area contributed by atoms with Crippen LogP contribution in [0.3, 0.4) is 0 Å². The number of allylic oxidation sites excluding steroid dienone is 2. The van der Waals surface area contributed by atoms with Crippen LogP contribution in [-0.2, 0) is 33.4 Å². The first-order valence-electron chi connectivity index (χ1n) is 4.88. The second-order valence-corrected chi connectivity index (χ2v) is 7.36. The summed E-state index contributed by atoms with van der Waals surface area (Å²) in [7, 11) is -9.17. The molecule has 0 aliphatic heterocycles. The Labute approximate surface area is 112 Å². The van der Waals surface area contributed by atoms with Crippen LogP contribution in [0.15, 0.2) is 37.1 Å². The second-order valence-electron chi connectivity index (χ2n) is 3.32. The monoisotopic (exact) mass is 310 g/mol. The lowest BCUT2D eigenvalue weighted by Gasteiger charge is -2.11. The Bertz CT molecular complexity index is 596. The molecule has 0 aromatic carbocycles. The van der Waals surface area contributed by atoms with Crippen LogP contribution in [0, 0.1) is 0 Å². The van der Waals surface area contributed by atoms with E-state index in [2.05, 4.69) is 21.5 Å². The molecule has 0 amide bonds. The summed E-state index contributed by atoms with van der Waals surface area (Å²) < 4.78 is 52.4. The zero-order valence-corrected chi connectivity index (χ0v) is 12.0. The lowest BCUT2D eigenvalue weighted by molar-refractivity contribution is -0.128. The predicted molar refractivity (Wildman–Crippen MR) is 68.6 cm³/mol. The third-order valence-electron chi connectivity index (χ3n) is 1.87. The number of rotatable bonds is 7. The zero-order chi connectivity index (χ0) is 15.3. The second kappa shape index (κ2) is 6.53. The van der Waals surface area contributed by atoms with E-state index in [4.69, 9.17) is 0 Å². The molecule has 0 radical (unpaired) electrons. The Morgan fingerprint density at radius 2 is 1.63 bits per heavy atom. The minimum Gasteiger partial charge on any atom is -0.389 e. The molecule has 19 heavy (non-hydrogen) atoms. The van der Waals surface area contributed by atoms with Crippen molar-refractivity contribution in [3.8, 4) is 0 Å². The van der Waals surface area contributed by atoms with Crippen molar-refractivity contribution in [1.82, 2.24) is 0 Å². The molecule has 0 aromatic heterocycles. The first-order valence-corrected chi connectivity index (χ1v) is 7.82. The minimum absolute atomic E-state index is 0.372. The van der Waals surface area contributed by atoms with E-state index in [1.165, 1.54) is 13.0 Å². The van der Waals surface area contributed by atoms with Crippen LogP contribution >= 0.6 is 0 Å². The molecule has 0 bridgehead atoms. The van der Waals surface area contributed by atoms with Gasteiger partial charge in [0, 0.05) is 6.08 Å². The third kappa shape index (κ3) is 5.26. The van der Waals surface area contributed by atoms with E-state index >= 15 is 0 Å². The highest BCUT2D eigenvalue weighted by Crippen LogP contribution is 2.15. The summed E-state index contributed by atoms with van der Waals surface area (Å²) >= 11 is 0. The molecular weight excluding hydrogens is 296 g/mol. The molecule has 0 saturated carbocycles. The van der Waals surface area contributed by atoms with Crippen molar-refractivity contribution in [1.29, 1.82) is 0 Å². The van der Waals surface area contributed by atoms with Gasteiger partial charge in [0.05, 0.1) is 0 Å². The normalized spacial score (nSPS) is 14.3. The Morgan fingerprint density at radius 3 is 2.05 bits per heavy atom. The highest BCUT2D eigenvalue weighted by Gasteiger charge is 2.37. The summed E-state index contributed by atoms with van der Waals surface area (Å²) in [6.07, 6.45) is 2.73. The Morgan fingerprint density at radius 1 is 1.11 bits per heavy atom. The van der Waals surface area contributed by atoms with Gasteiger partial charge in [-0.1, -0.05) is 19.2 Å². The molecular formula is C10H14O7S2. The van der Waals surface area contributed by atoms with Gasteiger partial charge in [-0.05, 0) is 19.4 Å². The van der Waals surface area contributed by atoms with E-state index in [1.54, 1.807) is 0 Å². The number of hydrogen-bond acceptors (Lipinski definition) is 7. The van der Waals surface area contributed by atoms with Gasteiger partial charge in [-0.2, -0.15) is 16.8 Å². The zero-order valence-electron chi connectivity index (χ0n) is 10.4. The van der Waals surface area contributed by atoms with E-state index in [1.807, 2.05) is 0 Å². The Hall–Kier alpha value is -1.61. The van der Waals surface area contributed by atoms with Gasteiger partial charge in [0.1, 0.15) is 6.26 Å². The van der Waals surface area contributed by atoms with E-state index in [9.17, 15) is 21.6 Å². The van der Waals surface area contributed by atoms with Crippen LogP contribution in [0.25, 0.3) is 0 Å². The maximum absolute atomic E-state index is 11.6. The summed E-state index contributed by atoms with van der Waals surface area (Å²) in [4.78, 5) is 10.8. The molecule has 0 spiro atoms. The average molecular weight is 310 g/mol. The predicted octanol–water partition coefficient (Wildman–Crippen LogP) is 0.828. The number of carbonyl (C=O) groups excluding carboxylic acids is 1. The fourth-order valence-corrected chi connectivity index (χ4v) is 2.91. The van der Waals surface area contributed by atoms with Gasteiger partial charge >= 0.3 is 26.2 Å². The van der Waals surface area contributed by atoms with Crippen molar-refractivity contribution >= 4 is 26.2 Å². The lowest BCUT2D eigenvalue weighted by atomic mass is 10.3. The van der Waals surface area contributed by atoms with Crippen LogP contribution in [0.2, 0.25) is 0 Å². The molecule has 9 heteroatoms. The highest BCUT2D eigenvalue weighted by atomic mass is 32.3. The van der Waals surface area contributed by atoms with Crippen LogP contribution in [0.4, 0.5) is 0 Å². The lowest BCUT2D eigenvalue weighted by Crippen LogP contribution is -2.31. The van der Waals surface area contributed by atoms with Crippen molar-refractivity contribution in [2.75, 3.05) is 0 Å². The molecule has 0 aliphatic carbocycles. The number of carbonyl (C=O) groups is 1. The summed E-state index contributed by atoms with van der Waals surface area (Å²) in [5, 5.41) is 0. The maximum Gasteiger partial charge on any atom is 0.345 e. The van der Waals surface area contributed by atoms with Crippen molar-refractivity contribution in [2.24, 2.45) is 0 Å². The fourth-order valence-electron chi connectivity index (χ4n) is 0.630. The van der Waals surface area contributed by atoms with Crippen LogP contribution < -0.4 is 0 Å². The quantitative estimate of drug-likeness (QED) is 0.297. The van der Waals surface area contributed by atoms with E-state index in [0.717, 1.165) is 13.2 Å². The molecule has 1 unspecified atom stereocenters. The van der Waals surface area contributed by atoms with Crippen LogP contribution in [0.1, 0.15) is 13.8 Å². The van der Waals surface area contributed by atoms with Crippen LogP contribution in [-0.4, -0.2) is 27.4 Å². The van der Waals surface area contributed by atoms with Gasteiger partial charge in [0.25, 0.3) is 0 Å². The van der Waals surface area contributed by atoms with E-state index in [0.29, 0.717) is 11.6 Å². The molecule has 1 atom stereocenters. The smallest absolute Gasteiger partial charge is 0.345 e. The molecule has 108 valence electrons. The molecule has 0 aromatic rings. The highest BCUT2D eigenvalue weighted by molar-refractivity contribution is 8.04. The van der Waals surface area contributed by atoms with Crippen LogP contribution in [0.5, 0.6) is 0 Å². The van der Waals surface area contributed by atoms with Crippen molar-refractivity contribution in [3.63, 3.8) is 0 Å². The molecule has 0 saturated heterocycles. The van der Waals surface area contributed by atoms with Crippen molar-refractivity contribution in [3.05, 3.63) is 37.1 Å².